The third-order valence-corrected chi connectivity index (χ3v) is 3.04. The normalized spacial score (nSPS) is 13.7. The van der Waals surface area contributed by atoms with Gasteiger partial charge in [0.15, 0.2) is 6.10 Å². The number of carbonyl (C=O) groups is 1. The third-order valence-electron chi connectivity index (χ3n) is 3.04. The highest BCUT2D eigenvalue weighted by atomic mass is 19.1. The van der Waals surface area contributed by atoms with E-state index in [4.69, 9.17) is 4.74 Å². The largest absolute Gasteiger partial charge is 0.480 e. The smallest absolute Gasteiger partial charge is 0.262 e. The van der Waals surface area contributed by atoms with Crippen molar-refractivity contribution in [3.05, 3.63) is 29.6 Å². The molecule has 0 bridgehead atoms. The molecular weight excluding hydrogens is 259 g/mol. The van der Waals surface area contributed by atoms with Crippen molar-refractivity contribution in [2.45, 2.75) is 32.9 Å². The molecule has 0 radical (unpaired) electrons. The van der Waals surface area contributed by atoms with Gasteiger partial charge in [-0.1, -0.05) is 13.0 Å². The van der Waals surface area contributed by atoms with Gasteiger partial charge in [-0.2, -0.15) is 0 Å². The molecule has 1 aromatic rings. The molecule has 2 atom stereocenters. The number of amides is 1. The minimum Gasteiger partial charge on any atom is -0.480 e. The molecule has 0 saturated carbocycles. The second-order valence-electron chi connectivity index (χ2n) is 4.95. The summed E-state index contributed by atoms with van der Waals surface area (Å²) in [4.78, 5) is 13.3. The number of nitrogens with zero attached hydrogens (tertiary/aromatic N) is 1. The van der Waals surface area contributed by atoms with Gasteiger partial charge in [0.05, 0.1) is 0 Å². The van der Waals surface area contributed by atoms with Crippen molar-refractivity contribution in [1.82, 2.24) is 10.2 Å². The Balaban J connectivity index is 2.98. The molecule has 0 spiro atoms. The van der Waals surface area contributed by atoms with E-state index in [0.29, 0.717) is 5.75 Å². The lowest BCUT2D eigenvalue weighted by atomic mass is 10.1. The van der Waals surface area contributed by atoms with E-state index in [9.17, 15) is 9.18 Å². The van der Waals surface area contributed by atoms with Crippen LogP contribution in [0.1, 0.15) is 32.4 Å². The Bertz CT molecular complexity index is 463. The fraction of sp³-hybridized carbons (Fsp3) is 0.533. The molecule has 0 aromatic heterocycles. The van der Waals surface area contributed by atoms with Gasteiger partial charge in [0.25, 0.3) is 5.91 Å². The predicted molar refractivity (Wildman–Crippen MR) is 77.3 cm³/mol. The van der Waals surface area contributed by atoms with E-state index in [1.807, 2.05) is 13.8 Å². The van der Waals surface area contributed by atoms with Crippen molar-refractivity contribution in [2.75, 3.05) is 20.6 Å². The average Bonchev–Trinajstić information content (AvgIpc) is 2.37. The molecule has 1 N–H and O–H groups in total. The topological polar surface area (TPSA) is 41.6 Å². The zero-order chi connectivity index (χ0) is 15.3. The summed E-state index contributed by atoms with van der Waals surface area (Å²) in [5.41, 5.74) is 0.839. The first-order valence-corrected chi connectivity index (χ1v) is 6.77. The fourth-order valence-electron chi connectivity index (χ4n) is 1.99. The number of halogens is 1. The van der Waals surface area contributed by atoms with Crippen LogP contribution in [-0.2, 0) is 4.79 Å². The zero-order valence-electron chi connectivity index (χ0n) is 12.7. The van der Waals surface area contributed by atoms with E-state index in [1.54, 1.807) is 27.1 Å². The molecule has 1 aromatic carbocycles. The summed E-state index contributed by atoms with van der Waals surface area (Å²) < 4.78 is 19.1. The van der Waals surface area contributed by atoms with Crippen molar-refractivity contribution in [3.63, 3.8) is 0 Å². The minimum atomic E-state index is -0.653. The molecule has 0 aliphatic heterocycles. The maximum atomic E-state index is 13.4. The second-order valence-corrected chi connectivity index (χ2v) is 4.95. The van der Waals surface area contributed by atoms with Crippen LogP contribution >= 0.6 is 0 Å². The van der Waals surface area contributed by atoms with Gasteiger partial charge in [0.2, 0.25) is 0 Å². The number of likely N-dealkylation sites (N-methyl/N-ethyl adjacent to an activating group) is 1. The molecule has 4 nitrogen and oxygen atoms in total. The Morgan fingerprint density at radius 1 is 1.40 bits per heavy atom. The highest BCUT2D eigenvalue weighted by molar-refractivity contribution is 5.80. The first-order chi connectivity index (χ1) is 9.36. The van der Waals surface area contributed by atoms with Gasteiger partial charge in [0, 0.05) is 31.8 Å². The van der Waals surface area contributed by atoms with Crippen LogP contribution in [0.5, 0.6) is 5.75 Å². The molecule has 5 heteroatoms. The molecule has 112 valence electrons. The molecule has 1 amide bonds. The van der Waals surface area contributed by atoms with Gasteiger partial charge in [-0.05, 0) is 26.5 Å². The van der Waals surface area contributed by atoms with Gasteiger partial charge in [-0.3, -0.25) is 4.79 Å². The lowest BCUT2D eigenvalue weighted by Gasteiger charge is -2.22. The van der Waals surface area contributed by atoms with E-state index < -0.39 is 6.10 Å². The van der Waals surface area contributed by atoms with Crippen LogP contribution < -0.4 is 10.1 Å². The molecular formula is C15H23FN2O2. The number of carbonyl (C=O) groups excluding carboxylic acids is 1. The maximum absolute atomic E-state index is 13.4. The third kappa shape index (κ3) is 4.20. The maximum Gasteiger partial charge on any atom is 0.262 e. The second kappa shape index (κ2) is 7.24. The van der Waals surface area contributed by atoms with Gasteiger partial charge >= 0.3 is 0 Å². The zero-order valence-corrected chi connectivity index (χ0v) is 12.7. The summed E-state index contributed by atoms with van der Waals surface area (Å²) in [6, 6.07) is 4.43. The Morgan fingerprint density at radius 2 is 2.05 bits per heavy atom. The summed E-state index contributed by atoms with van der Waals surface area (Å²) in [6.45, 7) is 6.43. The SMILES string of the molecule is CCNC(C)c1ccc(F)cc1OC(C)C(=O)N(C)C. The summed E-state index contributed by atoms with van der Waals surface area (Å²) >= 11 is 0. The van der Waals surface area contributed by atoms with Crippen LogP contribution in [-0.4, -0.2) is 37.6 Å². The summed E-state index contributed by atoms with van der Waals surface area (Å²) in [6.07, 6.45) is -0.653. The molecule has 0 fully saturated rings. The van der Waals surface area contributed by atoms with E-state index >= 15 is 0 Å². The van der Waals surface area contributed by atoms with E-state index in [1.165, 1.54) is 17.0 Å². The van der Waals surface area contributed by atoms with Gasteiger partial charge in [-0.15, -0.1) is 0 Å². The first kappa shape index (κ1) is 16.4. The summed E-state index contributed by atoms with van der Waals surface area (Å²) in [5, 5.41) is 3.25. The summed E-state index contributed by atoms with van der Waals surface area (Å²) in [5.74, 6) is -0.130. The van der Waals surface area contributed by atoms with Crippen LogP contribution in [0.3, 0.4) is 0 Å². The number of hydrogen-bond donors (Lipinski definition) is 1. The van der Waals surface area contributed by atoms with Crippen LogP contribution in [0.2, 0.25) is 0 Å². The molecule has 0 saturated heterocycles. The molecule has 0 aliphatic rings. The highest BCUT2D eigenvalue weighted by Gasteiger charge is 2.20. The Hall–Kier alpha value is -1.62. The van der Waals surface area contributed by atoms with Gasteiger partial charge < -0.3 is 15.0 Å². The Morgan fingerprint density at radius 3 is 2.60 bits per heavy atom. The highest BCUT2D eigenvalue weighted by Crippen LogP contribution is 2.27. The van der Waals surface area contributed by atoms with Crippen molar-refractivity contribution >= 4 is 5.91 Å². The number of hydrogen-bond acceptors (Lipinski definition) is 3. The fourth-order valence-corrected chi connectivity index (χ4v) is 1.99. The van der Waals surface area contributed by atoms with E-state index in [0.717, 1.165) is 12.1 Å². The van der Waals surface area contributed by atoms with Crippen LogP contribution in [0, 0.1) is 5.82 Å². The number of rotatable bonds is 6. The van der Waals surface area contributed by atoms with Crippen molar-refractivity contribution in [1.29, 1.82) is 0 Å². The lowest BCUT2D eigenvalue weighted by molar-refractivity contribution is -0.135. The standard InChI is InChI=1S/C15H23FN2O2/c1-6-17-10(2)13-8-7-12(16)9-14(13)20-11(3)15(19)18(4)5/h7-11,17H,6H2,1-5H3. The Labute approximate surface area is 119 Å². The van der Waals surface area contributed by atoms with E-state index in [-0.39, 0.29) is 17.8 Å². The first-order valence-electron chi connectivity index (χ1n) is 6.77. The van der Waals surface area contributed by atoms with Gasteiger partial charge in [-0.25, -0.2) is 4.39 Å². The number of ether oxygens (including phenoxy) is 1. The minimum absolute atomic E-state index is 0.0252. The average molecular weight is 282 g/mol. The summed E-state index contributed by atoms with van der Waals surface area (Å²) in [7, 11) is 3.33. The van der Waals surface area contributed by atoms with E-state index in [2.05, 4.69) is 5.32 Å². The quantitative estimate of drug-likeness (QED) is 0.871. The van der Waals surface area contributed by atoms with Crippen LogP contribution in [0.15, 0.2) is 18.2 Å². The number of nitrogens with one attached hydrogen (secondary N) is 1. The lowest BCUT2D eigenvalue weighted by Crippen LogP contribution is -2.35. The predicted octanol–water partition coefficient (Wildman–Crippen LogP) is 2.35. The molecule has 20 heavy (non-hydrogen) atoms. The van der Waals surface area contributed by atoms with Crippen molar-refractivity contribution in [3.8, 4) is 5.75 Å². The molecule has 1 rings (SSSR count). The molecule has 0 heterocycles. The van der Waals surface area contributed by atoms with Crippen LogP contribution in [0.4, 0.5) is 4.39 Å². The molecule has 0 aliphatic carbocycles. The van der Waals surface area contributed by atoms with Crippen molar-refractivity contribution in [2.24, 2.45) is 0 Å². The monoisotopic (exact) mass is 282 g/mol. The van der Waals surface area contributed by atoms with Crippen molar-refractivity contribution < 1.29 is 13.9 Å². The number of benzene rings is 1. The molecule has 2 unspecified atom stereocenters. The Kier molecular flexibility index (Phi) is 5.95. The van der Waals surface area contributed by atoms with Crippen LogP contribution in [0.25, 0.3) is 0 Å². The van der Waals surface area contributed by atoms with Gasteiger partial charge in [0.1, 0.15) is 11.6 Å².